The number of aryl methyl sites for hydroxylation is 1. The Morgan fingerprint density at radius 3 is 2.33 bits per heavy atom. The molecule has 0 saturated carbocycles. The predicted molar refractivity (Wildman–Crippen MR) is 70.9 cm³/mol. The van der Waals surface area contributed by atoms with Gasteiger partial charge in [-0.25, -0.2) is 0 Å². The smallest absolute Gasteiger partial charge is 0.147 e. The minimum absolute atomic E-state index is 0.637. The molecular formula is C15H17N3. The fourth-order valence-corrected chi connectivity index (χ4v) is 2.50. The topological polar surface area (TPSA) is 50.8 Å². The first-order valence-electron chi connectivity index (χ1n) is 6.40. The van der Waals surface area contributed by atoms with E-state index in [1.807, 2.05) is 6.07 Å². The third kappa shape index (κ3) is 2.17. The molecule has 0 amide bonds. The number of hydrogen-bond acceptors (Lipinski definition) is 3. The summed E-state index contributed by atoms with van der Waals surface area (Å²) in [7, 11) is 0. The molecule has 0 aliphatic carbocycles. The van der Waals surface area contributed by atoms with Crippen LogP contribution in [0.4, 0.5) is 5.69 Å². The molecule has 0 unspecified atom stereocenters. The van der Waals surface area contributed by atoms with Crippen molar-refractivity contribution in [3.63, 3.8) is 0 Å². The van der Waals surface area contributed by atoms with Crippen molar-refractivity contribution in [3.05, 3.63) is 29.8 Å². The summed E-state index contributed by atoms with van der Waals surface area (Å²) in [4.78, 5) is 2.30. The van der Waals surface area contributed by atoms with E-state index in [2.05, 4.69) is 42.2 Å². The van der Waals surface area contributed by atoms with Gasteiger partial charge in [-0.3, -0.25) is 0 Å². The van der Waals surface area contributed by atoms with Crippen molar-refractivity contribution in [1.29, 1.82) is 10.5 Å². The van der Waals surface area contributed by atoms with E-state index in [0.29, 0.717) is 12.8 Å². The molecule has 1 aliphatic heterocycles. The van der Waals surface area contributed by atoms with Gasteiger partial charge in [-0.05, 0) is 30.9 Å². The first kappa shape index (κ1) is 12.5. The van der Waals surface area contributed by atoms with Crippen LogP contribution in [-0.4, -0.2) is 13.1 Å². The lowest BCUT2D eigenvalue weighted by Crippen LogP contribution is -2.39. The van der Waals surface area contributed by atoms with E-state index in [1.165, 1.54) is 11.3 Å². The molecule has 1 aromatic carbocycles. The molecule has 1 heterocycles. The molecule has 3 heteroatoms. The number of nitrogens with zero attached hydrogens (tertiary/aromatic N) is 3. The summed E-state index contributed by atoms with van der Waals surface area (Å²) in [6.07, 6.45) is 2.28. The maximum absolute atomic E-state index is 9.11. The van der Waals surface area contributed by atoms with Gasteiger partial charge in [0.25, 0.3) is 0 Å². The highest BCUT2D eigenvalue weighted by atomic mass is 15.1. The fourth-order valence-electron chi connectivity index (χ4n) is 2.50. The molecule has 0 spiro atoms. The summed E-state index contributed by atoms with van der Waals surface area (Å²) in [5.41, 5.74) is 1.82. The van der Waals surface area contributed by atoms with Crippen LogP contribution >= 0.6 is 0 Å². The monoisotopic (exact) mass is 239 g/mol. The molecule has 1 fully saturated rings. The first-order chi connectivity index (χ1) is 8.74. The Morgan fingerprint density at radius 2 is 1.78 bits per heavy atom. The van der Waals surface area contributed by atoms with Crippen LogP contribution in [0, 0.1) is 28.1 Å². The van der Waals surface area contributed by atoms with E-state index in [9.17, 15) is 0 Å². The third-order valence-corrected chi connectivity index (χ3v) is 3.76. The Labute approximate surface area is 108 Å². The van der Waals surface area contributed by atoms with Crippen LogP contribution in [0.1, 0.15) is 25.3 Å². The molecule has 1 aliphatic rings. The van der Waals surface area contributed by atoms with Crippen molar-refractivity contribution < 1.29 is 0 Å². The molecule has 1 aromatic rings. The van der Waals surface area contributed by atoms with Gasteiger partial charge in [-0.2, -0.15) is 10.5 Å². The molecule has 0 aromatic heterocycles. The lowest BCUT2D eigenvalue weighted by Gasteiger charge is -2.35. The lowest BCUT2D eigenvalue weighted by atomic mass is 9.81. The van der Waals surface area contributed by atoms with Crippen LogP contribution in [0.15, 0.2) is 24.3 Å². The quantitative estimate of drug-likeness (QED) is 0.797. The van der Waals surface area contributed by atoms with Gasteiger partial charge in [0, 0.05) is 18.8 Å². The van der Waals surface area contributed by atoms with E-state index in [0.717, 1.165) is 19.5 Å². The normalized spacial score (nSPS) is 17.8. The van der Waals surface area contributed by atoms with E-state index < -0.39 is 5.41 Å². The largest absolute Gasteiger partial charge is 0.371 e. The van der Waals surface area contributed by atoms with Gasteiger partial charge in [0.15, 0.2) is 0 Å². The van der Waals surface area contributed by atoms with Gasteiger partial charge < -0.3 is 4.90 Å². The van der Waals surface area contributed by atoms with Gasteiger partial charge in [0.2, 0.25) is 0 Å². The van der Waals surface area contributed by atoms with Crippen LogP contribution in [0.3, 0.4) is 0 Å². The number of nitriles is 2. The number of hydrogen-bond donors (Lipinski definition) is 0. The molecule has 3 nitrogen and oxygen atoms in total. The summed E-state index contributed by atoms with van der Waals surface area (Å²) >= 11 is 0. The second kappa shape index (κ2) is 5.10. The molecule has 2 rings (SSSR count). The summed E-state index contributed by atoms with van der Waals surface area (Å²) in [6.45, 7) is 3.73. The number of para-hydroxylation sites is 1. The van der Waals surface area contributed by atoms with Crippen molar-refractivity contribution in [2.75, 3.05) is 18.0 Å². The van der Waals surface area contributed by atoms with Crippen LogP contribution in [0.2, 0.25) is 0 Å². The summed E-state index contributed by atoms with van der Waals surface area (Å²) in [6, 6.07) is 12.7. The molecule has 1 saturated heterocycles. The van der Waals surface area contributed by atoms with Crippen molar-refractivity contribution >= 4 is 5.69 Å². The van der Waals surface area contributed by atoms with Crippen molar-refractivity contribution in [1.82, 2.24) is 0 Å². The van der Waals surface area contributed by atoms with Crippen LogP contribution < -0.4 is 4.90 Å². The number of anilines is 1. The van der Waals surface area contributed by atoms with E-state index in [-0.39, 0.29) is 0 Å². The Balaban J connectivity index is 2.16. The van der Waals surface area contributed by atoms with Crippen LogP contribution in [-0.2, 0) is 6.42 Å². The Morgan fingerprint density at radius 1 is 1.17 bits per heavy atom. The van der Waals surface area contributed by atoms with Gasteiger partial charge in [0.1, 0.15) is 5.41 Å². The van der Waals surface area contributed by atoms with Crippen LogP contribution in [0.25, 0.3) is 0 Å². The zero-order chi connectivity index (χ0) is 13.0. The van der Waals surface area contributed by atoms with Gasteiger partial charge in [-0.1, -0.05) is 25.1 Å². The van der Waals surface area contributed by atoms with Gasteiger partial charge in [0.05, 0.1) is 12.1 Å². The molecule has 0 radical (unpaired) electrons. The van der Waals surface area contributed by atoms with Crippen molar-refractivity contribution in [3.8, 4) is 12.1 Å². The number of piperidine rings is 1. The second-order valence-electron chi connectivity index (χ2n) is 4.78. The third-order valence-electron chi connectivity index (χ3n) is 3.76. The molecule has 18 heavy (non-hydrogen) atoms. The van der Waals surface area contributed by atoms with Crippen LogP contribution in [0.5, 0.6) is 0 Å². The maximum Gasteiger partial charge on any atom is 0.147 e. The van der Waals surface area contributed by atoms with E-state index in [1.54, 1.807) is 0 Å². The molecular weight excluding hydrogens is 222 g/mol. The van der Waals surface area contributed by atoms with Crippen molar-refractivity contribution in [2.24, 2.45) is 5.41 Å². The molecule has 0 atom stereocenters. The molecule has 0 N–H and O–H groups in total. The first-order valence-corrected chi connectivity index (χ1v) is 6.40. The zero-order valence-corrected chi connectivity index (χ0v) is 10.7. The average Bonchev–Trinajstić information content (AvgIpc) is 2.47. The van der Waals surface area contributed by atoms with E-state index in [4.69, 9.17) is 10.5 Å². The zero-order valence-electron chi connectivity index (χ0n) is 10.7. The van der Waals surface area contributed by atoms with Gasteiger partial charge >= 0.3 is 0 Å². The van der Waals surface area contributed by atoms with Crippen molar-refractivity contribution in [2.45, 2.75) is 26.2 Å². The standard InChI is InChI=1S/C15H17N3/c1-2-13-5-3-4-6-14(13)18-9-7-15(11-16,12-17)8-10-18/h3-6H,2,7-10H2,1H3. The highest BCUT2D eigenvalue weighted by Gasteiger charge is 2.35. The predicted octanol–water partition coefficient (Wildman–Crippen LogP) is 2.88. The Kier molecular flexibility index (Phi) is 3.53. The summed E-state index contributed by atoms with van der Waals surface area (Å²) in [5, 5.41) is 18.2. The highest BCUT2D eigenvalue weighted by molar-refractivity contribution is 5.54. The molecule has 0 bridgehead atoms. The fraction of sp³-hybridized carbons (Fsp3) is 0.467. The Hall–Kier alpha value is -2.00. The lowest BCUT2D eigenvalue weighted by molar-refractivity contribution is 0.393. The number of benzene rings is 1. The Bertz CT molecular complexity index is 483. The number of rotatable bonds is 2. The maximum atomic E-state index is 9.11. The second-order valence-corrected chi connectivity index (χ2v) is 4.78. The SMILES string of the molecule is CCc1ccccc1N1CCC(C#N)(C#N)CC1. The minimum Gasteiger partial charge on any atom is -0.371 e. The average molecular weight is 239 g/mol. The summed E-state index contributed by atoms with van der Waals surface area (Å²) < 4.78 is 0. The van der Waals surface area contributed by atoms with E-state index >= 15 is 0 Å². The molecule has 92 valence electrons. The summed E-state index contributed by atoms with van der Waals surface area (Å²) in [5.74, 6) is 0. The minimum atomic E-state index is -0.766. The highest BCUT2D eigenvalue weighted by Crippen LogP contribution is 2.33. The van der Waals surface area contributed by atoms with Gasteiger partial charge in [-0.15, -0.1) is 0 Å².